The van der Waals surface area contributed by atoms with Gasteiger partial charge in [0.1, 0.15) is 11.6 Å². The molecule has 0 spiro atoms. The molecule has 0 saturated heterocycles. The van der Waals surface area contributed by atoms with E-state index in [1.54, 1.807) is 6.92 Å². The summed E-state index contributed by atoms with van der Waals surface area (Å²) in [6.07, 6.45) is 0.988. The molecule has 1 atom stereocenters. The SMILES string of the molecule is CCC(=O)CCC(=O)C(Cl)CC(=O)CCCl. The lowest BCUT2D eigenvalue weighted by Crippen LogP contribution is -2.19. The van der Waals surface area contributed by atoms with E-state index in [1.807, 2.05) is 0 Å². The molecule has 0 heterocycles. The minimum Gasteiger partial charge on any atom is -0.300 e. The predicted molar refractivity (Wildman–Crippen MR) is 64.1 cm³/mol. The normalized spacial score (nSPS) is 12.2. The van der Waals surface area contributed by atoms with Gasteiger partial charge in [0, 0.05) is 38.0 Å². The highest BCUT2D eigenvalue weighted by Crippen LogP contribution is 2.10. The van der Waals surface area contributed by atoms with Crippen LogP contribution in [0, 0.1) is 0 Å². The fraction of sp³-hybridized carbons (Fsp3) is 0.727. The Morgan fingerprint density at radius 2 is 1.69 bits per heavy atom. The zero-order chi connectivity index (χ0) is 12.6. The van der Waals surface area contributed by atoms with Crippen molar-refractivity contribution >= 4 is 40.6 Å². The minimum absolute atomic E-state index is 0.00737. The van der Waals surface area contributed by atoms with Crippen LogP contribution in [0.4, 0.5) is 0 Å². The first-order chi connectivity index (χ1) is 7.51. The Balaban J connectivity index is 3.90. The highest BCUT2D eigenvalue weighted by molar-refractivity contribution is 6.32. The molecule has 0 bridgehead atoms. The van der Waals surface area contributed by atoms with E-state index in [0.717, 1.165) is 0 Å². The number of hydrogen-bond donors (Lipinski definition) is 0. The topological polar surface area (TPSA) is 51.2 Å². The maximum absolute atomic E-state index is 11.4. The average molecular weight is 267 g/mol. The van der Waals surface area contributed by atoms with E-state index in [0.29, 0.717) is 6.42 Å². The summed E-state index contributed by atoms with van der Waals surface area (Å²) in [5.41, 5.74) is 0. The van der Waals surface area contributed by atoms with Gasteiger partial charge >= 0.3 is 0 Å². The number of hydrogen-bond acceptors (Lipinski definition) is 3. The second-order valence-electron chi connectivity index (χ2n) is 3.51. The number of carbonyl (C=O) groups is 3. The van der Waals surface area contributed by atoms with Crippen LogP contribution >= 0.6 is 23.2 Å². The fourth-order valence-corrected chi connectivity index (χ4v) is 1.61. The summed E-state index contributed by atoms with van der Waals surface area (Å²) >= 11 is 11.2. The van der Waals surface area contributed by atoms with Crippen molar-refractivity contribution < 1.29 is 14.4 Å². The third-order valence-corrected chi connectivity index (χ3v) is 2.76. The molecule has 92 valence electrons. The van der Waals surface area contributed by atoms with Gasteiger partial charge in [-0.1, -0.05) is 6.92 Å². The molecule has 16 heavy (non-hydrogen) atoms. The lowest BCUT2D eigenvalue weighted by molar-refractivity contribution is -0.125. The quantitative estimate of drug-likeness (QED) is 0.603. The third kappa shape index (κ3) is 6.96. The highest BCUT2D eigenvalue weighted by Gasteiger charge is 2.19. The first-order valence-electron chi connectivity index (χ1n) is 5.27. The molecule has 0 rings (SSSR count). The summed E-state index contributed by atoms with van der Waals surface area (Å²) in [6.45, 7) is 1.75. The third-order valence-electron chi connectivity index (χ3n) is 2.17. The van der Waals surface area contributed by atoms with Gasteiger partial charge in [0.15, 0.2) is 5.78 Å². The first-order valence-corrected chi connectivity index (χ1v) is 6.24. The van der Waals surface area contributed by atoms with E-state index < -0.39 is 5.38 Å². The Hall–Kier alpha value is -0.410. The number of alkyl halides is 2. The van der Waals surface area contributed by atoms with Gasteiger partial charge in [0.2, 0.25) is 0 Å². The lowest BCUT2D eigenvalue weighted by Gasteiger charge is -2.06. The van der Waals surface area contributed by atoms with Gasteiger partial charge in [-0.3, -0.25) is 14.4 Å². The van der Waals surface area contributed by atoms with Crippen LogP contribution < -0.4 is 0 Å². The van der Waals surface area contributed by atoms with Gasteiger partial charge < -0.3 is 0 Å². The van der Waals surface area contributed by atoms with E-state index in [2.05, 4.69) is 0 Å². The summed E-state index contributed by atoms with van der Waals surface area (Å²) < 4.78 is 0. The summed E-state index contributed by atoms with van der Waals surface area (Å²) in [5.74, 6) is -0.0915. The molecule has 0 fully saturated rings. The molecule has 0 amide bonds. The molecule has 0 aromatic carbocycles. The van der Waals surface area contributed by atoms with Crippen LogP contribution in [0.3, 0.4) is 0 Å². The van der Waals surface area contributed by atoms with Crippen LogP contribution in [-0.4, -0.2) is 28.6 Å². The van der Waals surface area contributed by atoms with Gasteiger partial charge in [0.25, 0.3) is 0 Å². The van der Waals surface area contributed by atoms with Crippen molar-refractivity contribution in [1.82, 2.24) is 0 Å². The molecule has 5 heteroatoms. The molecule has 0 aliphatic rings. The summed E-state index contributed by atoms with van der Waals surface area (Å²) in [6, 6.07) is 0. The van der Waals surface area contributed by atoms with Crippen molar-refractivity contribution in [3.63, 3.8) is 0 Å². The van der Waals surface area contributed by atoms with Crippen LogP contribution in [0.5, 0.6) is 0 Å². The zero-order valence-corrected chi connectivity index (χ0v) is 10.8. The number of ketones is 3. The fourth-order valence-electron chi connectivity index (χ4n) is 1.12. The Bertz CT molecular complexity index is 264. The summed E-state index contributed by atoms with van der Waals surface area (Å²) in [5, 5.41) is -0.819. The van der Waals surface area contributed by atoms with Crippen molar-refractivity contribution in [1.29, 1.82) is 0 Å². The molecule has 0 aliphatic heterocycles. The van der Waals surface area contributed by atoms with Gasteiger partial charge in [-0.15, -0.1) is 23.2 Å². The van der Waals surface area contributed by atoms with E-state index in [-0.39, 0.29) is 48.9 Å². The minimum atomic E-state index is -0.819. The Morgan fingerprint density at radius 1 is 1.06 bits per heavy atom. The Kier molecular flexibility index (Phi) is 8.49. The number of halogens is 2. The zero-order valence-electron chi connectivity index (χ0n) is 9.30. The van der Waals surface area contributed by atoms with Crippen LogP contribution in [0.25, 0.3) is 0 Å². The molecule has 0 saturated carbocycles. The van der Waals surface area contributed by atoms with Gasteiger partial charge in [0.05, 0.1) is 5.38 Å². The van der Waals surface area contributed by atoms with Gasteiger partial charge in [-0.05, 0) is 0 Å². The molecular weight excluding hydrogens is 251 g/mol. The average Bonchev–Trinajstić information content (AvgIpc) is 2.25. The van der Waals surface area contributed by atoms with Crippen molar-refractivity contribution in [2.75, 3.05) is 5.88 Å². The molecule has 0 aromatic heterocycles. The maximum atomic E-state index is 11.4. The van der Waals surface area contributed by atoms with Crippen LogP contribution in [0.1, 0.15) is 39.0 Å². The van der Waals surface area contributed by atoms with Gasteiger partial charge in [-0.2, -0.15) is 0 Å². The van der Waals surface area contributed by atoms with E-state index in [9.17, 15) is 14.4 Å². The lowest BCUT2D eigenvalue weighted by atomic mass is 10.0. The van der Waals surface area contributed by atoms with Crippen LogP contribution in [0.15, 0.2) is 0 Å². The molecule has 0 aliphatic carbocycles. The highest BCUT2D eigenvalue weighted by atomic mass is 35.5. The summed E-state index contributed by atoms with van der Waals surface area (Å²) in [7, 11) is 0. The predicted octanol–water partition coefficient (Wildman–Crippen LogP) is 2.51. The smallest absolute Gasteiger partial charge is 0.151 e. The molecule has 0 aromatic rings. The number of rotatable bonds is 9. The van der Waals surface area contributed by atoms with Crippen molar-refractivity contribution in [3.8, 4) is 0 Å². The second-order valence-corrected chi connectivity index (χ2v) is 4.41. The number of carbonyl (C=O) groups excluding carboxylic acids is 3. The van der Waals surface area contributed by atoms with Crippen molar-refractivity contribution in [2.45, 2.75) is 44.4 Å². The van der Waals surface area contributed by atoms with Crippen LogP contribution in [0.2, 0.25) is 0 Å². The van der Waals surface area contributed by atoms with Gasteiger partial charge in [-0.25, -0.2) is 0 Å². The van der Waals surface area contributed by atoms with E-state index >= 15 is 0 Å². The second kappa shape index (κ2) is 8.71. The molecular formula is C11H16Cl2O3. The molecule has 3 nitrogen and oxygen atoms in total. The van der Waals surface area contributed by atoms with E-state index in [1.165, 1.54) is 0 Å². The van der Waals surface area contributed by atoms with Crippen molar-refractivity contribution in [3.05, 3.63) is 0 Å². The van der Waals surface area contributed by atoms with Crippen LogP contribution in [-0.2, 0) is 14.4 Å². The molecule has 0 N–H and O–H groups in total. The van der Waals surface area contributed by atoms with Crippen molar-refractivity contribution in [2.24, 2.45) is 0 Å². The monoisotopic (exact) mass is 266 g/mol. The molecule has 0 radical (unpaired) electrons. The molecule has 1 unspecified atom stereocenters. The van der Waals surface area contributed by atoms with E-state index in [4.69, 9.17) is 23.2 Å². The largest absolute Gasteiger partial charge is 0.300 e. The maximum Gasteiger partial charge on any atom is 0.151 e. The Labute approximate surface area is 105 Å². The number of Topliss-reactive ketones (excluding diaryl/α,β-unsaturated/α-hetero) is 3. The standard InChI is InChI=1S/C11H16Cl2O3/c1-2-8(14)3-4-11(16)10(13)7-9(15)5-6-12/h10H,2-7H2,1H3. The Morgan fingerprint density at radius 3 is 2.19 bits per heavy atom. The summed E-state index contributed by atoms with van der Waals surface area (Å²) in [4.78, 5) is 33.6. The first kappa shape index (κ1) is 15.6.